The van der Waals surface area contributed by atoms with E-state index in [-0.39, 0.29) is 42.6 Å². The zero-order valence-corrected chi connectivity index (χ0v) is 23.2. The fourth-order valence-corrected chi connectivity index (χ4v) is 5.42. The molecule has 0 aliphatic carbocycles. The minimum absolute atomic E-state index is 0. The van der Waals surface area contributed by atoms with Crippen LogP contribution in [0.1, 0.15) is 41.5 Å². The molecule has 10 heteroatoms. The lowest BCUT2D eigenvalue weighted by atomic mass is 10.00. The summed E-state index contributed by atoms with van der Waals surface area (Å²) in [5.74, 6) is -0.829. The Hall–Kier alpha value is -3.59. The van der Waals surface area contributed by atoms with Gasteiger partial charge in [-0.3, -0.25) is 15.0 Å². The molecule has 0 aromatic heterocycles. The van der Waals surface area contributed by atoms with Crippen LogP contribution in [0.4, 0.5) is 4.79 Å². The number of carbonyl (C=O) groups is 3. The van der Waals surface area contributed by atoms with Crippen molar-refractivity contribution in [3.63, 3.8) is 0 Å². The molecule has 1 saturated heterocycles. The Labute approximate surface area is 236 Å². The predicted molar refractivity (Wildman–Crippen MR) is 152 cm³/mol. The van der Waals surface area contributed by atoms with Gasteiger partial charge in [-0.05, 0) is 54.9 Å². The van der Waals surface area contributed by atoms with Crippen LogP contribution in [0.5, 0.6) is 0 Å². The molecule has 0 spiro atoms. The van der Waals surface area contributed by atoms with Crippen LogP contribution >= 0.6 is 12.4 Å². The van der Waals surface area contributed by atoms with Gasteiger partial charge in [0.15, 0.2) is 0 Å². The van der Waals surface area contributed by atoms with Crippen molar-refractivity contribution in [3.8, 4) is 0 Å². The van der Waals surface area contributed by atoms with Crippen molar-refractivity contribution >= 4 is 36.2 Å². The number of ether oxygens (including phenoxy) is 1. The summed E-state index contributed by atoms with van der Waals surface area (Å²) in [5.41, 5.74) is 9.84. The van der Waals surface area contributed by atoms with Crippen LogP contribution in [-0.4, -0.2) is 72.9 Å². The highest BCUT2D eigenvalue weighted by Crippen LogP contribution is 2.28. The Bertz CT molecular complexity index is 1180. The molecule has 2 heterocycles. The van der Waals surface area contributed by atoms with Crippen LogP contribution in [0.2, 0.25) is 0 Å². The zero-order valence-electron chi connectivity index (χ0n) is 22.4. The summed E-state index contributed by atoms with van der Waals surface area (Å²) in [5, 5.41) is 10.7. The number of aryl methyl sites for hydroxylation is 1. The summed E-state index contributed by atoms with van der Waals surface area (Å²) in [6.07, 6.45) is 3.65. The van der Waals surface area contributed by atoms with Gasteiger partial charge in [0.2, 0.25) is 5.91 Å². The summed E-state index contributed by atoms with van der Waals surface area (Å²) in [6.45, 7) is 2.07. The number of nitrogens with two attached hydrogens (primary N) is 1. The minimum Gasteiger partial charge on any atom is -0.469 e. The van der Waals surface area contributed by atoms with Crippen molar-refractivity contribution in [1.29, 1.82) is 5.41 Å². The number of carbonyl (C=O) groups excluding carboxylic acids is 3. The highest BCUT2D eigenvalue weighted by Gasteiger charge is 2.40. The van der Waals surface area contributed by atoms with E-state index >= 15 is 0 Å². The molecular weight excluding hydrogens is 518 g/mol. The maximum Gasteiger partial charge on any atom is 0.317 e. The molecule has 2 aromatic rings. The summed E-state index contributed by atoms with van der Waals surface area (Å²) in [6, 6.07) is 15.6. The average molecular weight is 556 g/mol. The van der Waals surface area contributed by atoms with Crippen LogP contribution in [-0.2, 0) is 33.6 Å². The number of fused-ring (bicyclic) bond motifs is 1. The molecule has 4 N–H and O–H groups in total. The van der Waals surface area contributed by atoms with Gasteiger partial charge in [0.25, 0.3) is 0 Å². The molecule has 210 valence electrons. The average Bonchev–Trinajstić information content (AvgIpc) is 3.07. The number of likely N-dealkylation sites (tertiary alicyclic amines) is 1. The topological polar surface area (TPSA) is 129 Å². The van der Waals surface area contributed by atoms with Gasteiger partial charge in [0.05, 0.1) is 19.4 Å². The van der Waals surface area contributed by atoms with Crippen molar-refractivity contribution in [2.45, 2.75) is 44.6 Å². The van der Waals surface area contributed by atoms with E-state index in [1.165, 1.54) is 18.2 Å². The summed E-state index contributed by atoms with van der Waals surface area (Å²) in [7, 11) is 1.33. The molecule has 2 atom stereocenters. The molecule has 3 amide bonds. The second-order valence-electron chi connectivity index (χ2n) is 10.1. The van der Waals surface area contributed by atoms with Crippen LogP contribution in [0.25, 0.3) is 0 Å². The van der Waals surface area contributed by atoms with Gasteiger partial charge in [0, 0.05) is 37.8 Å². The molecule has 0 radical (unpaired) electrons. The number of urea groups is 1. The molecule has 4 rings (SSSR count). The predicted octanol–water partition coefficient (Wildman–Crippen LogP) is 2.92. The first-order valence-electron chi connectivity index (χ1n) is 13.3. The summed E-state index contributed by atoms with van der Waals surface area (Å²) < 4.78 is 4.80. The van der Waals surface area contributed by atoms with Crippen molar-refractivity contribution in [2.24, 2.45) is 11.7 Å². The summed E-state index contributed by atoms with van der Waals surface area (Å²) in [4.78, 5) is 41.8. The fraction of sp³-hybridized carbons (Fsp3) is 0.448. The minimum atomic E-state index is -0.427. The number of hydrogen-bond acceptors (Lipinski definition) is 5. The molecular formula is C29H38ClN5O4. The number of amides is 3. The molecule has 2 aromatic carbocycles. The maximum atomic E-state index is 13.2. The number of halogens is 1. The second-order valence-corrected chi connectivity index (χ2v) is 10.1. The number of nitrogens with zero attached hydrogens (tertiary/aromatic N) is 2. The molecule has 0 saturated carbocycles. The standard InChI is InChI=1S/C29H37N5O4.ClH/c1-38-26(35)18-24-17-25(34(28(24)36)13-5-8-20-6-3-2-4-7-20)19-32-29(37)33-14-11-21-9-10-23(27(30)31)16-22(21)12-15-33;/h2-4,6-7,9-10,16,24-25H,5,8,11-15,17-19H2,1H3,(H3,30,31)(H,32,37);1H/t24-,25-;/m0./s1. The third kappa shape index (κ3) is 7.72. The Morgan fingerprint density at radius 2 is 1.82 bits per heavy atom. The maximum absolute atomic E-state index is 13.2. The lowest BCUT2D eigenvalue weighted by molar-refractivity contribution is -0.144. The molecule has 0 unspecified atom stereocenters. The summed E-state index contributed by atoms with van der Waals surface area (Å²) >= 11 is 0. The lowest BCUT2D eigenvalue weighted by Gasteiger charge is -2.27. The number of rotatable bonds is 9. The molecule has 2 aliphatic rings. The van der Waals surface area contributed by atoms with Crippen molar-refractivity contribution in [2.75, 3.05) is 33.3 Å². The van der Waals surface area contributed by atoms with Crippen LogP contribution < -0.4 is 11.1 Å². The third-order valence-electron chi connectivity index (χ3n) is 7.57. The number of nitrogens with one attached hydrogen (secondary N) is 2. The van der Waals surface area contributed by atoms with Gasteiger partial charge in [0.1, 0.15) is 5.84 Å². The van der Waals surface area contributed by atoms with Gasteiger partial charge in [-0.2, -0.15) is 0 Å². The van der Waals surface area contributed by atoms with Gasteiger partial charge in [-0.25, -0.2) is 4.79 Å². The van der Waals surface area contributed by atoms with Gasteiger partial charge in [-0.15, -0.1) is 12.4 Å². The molecule has 2 aliphatic heterocycles. The number of nitrogen functional groups attached to an aromatic ring is 1. The molecule has 0 bridgehead atoms. The Morgan fingerprint density at radius 1 is 1.10 bits per heavy atom. The quantitative estimate of drug-likeness (QED) is 0.249. The first kappa shape index (κ1) is 30.0. The number of amidine groups is 1. The highest BCUT2D eigenvalue weighted by atomic mass is 35.5. The lowest BCUT2D eigenvalue weighted by Crippen LogP contribution is -2.47. The van der Waals surface area contributed by atoms with E-state index in [4.69, 9.17) is 15.9 Å². The van der Waals surface area contributed by atoms with Crippen molar-refractivity contribution < 1.29 is 19.1 Å². The van der Waals surface area contributed by atoms with Gasteiger partial charge >= 0.3 is 12.0 Å². The molecule has 1 fully saturated rings. The normalized spacial score (nSPS) is 18.5. The van der Waals surface area contributed by atoms with E-state index < -0.39 is 11.9 Å². The number of esters is 1. The van der Waals surface area contributed by atoms with E-state index in [2.05, 4.69) is 17.4 Å². The highest BCUT2D eigenvalue weighted by molar-refractivity contribution is 5.95. The van der Waals surface area contributed by atoms with Crippen LogP contribution in [0.15, 0.2) is 48.5 Å². The van der Waals surface area contributed by atoms with Gasteiger partial charge in [-0.1, -0.05) is 42.5 Å². The monoisotopic (exact) mass is 555 g/mol. The van der Waals surface area contributed by atoms with Crippen LogP contribution in [0.3, 0.4) is 0 Å². The SMILES string of the molecule is COC(=O)C[C@@H]1C[C@@H](CNC(=O)N2CCc3ccc(C(=N)N)cc3CC2)N(CCCc2ccccc2)C1=O.Cl. The van der Waals surface area contributed by atoms with Crippen molar-refractivity contribution in [1.82, 2.24) is 15.1 Å². The Balaban J connectivity index is 0.00000420. The van der Waals surface area contributed by atoms with E-state index in [9.17, 15) is 14.4 Å². The first-order chi connectivity index (χ1) is 18.4. The second kappa shape index (κ2) is 14.0. The number of benzene rings is 2. The van der Waals surface area contributed by atoms with E-state index in [1.54, 1.807) is 4.90 Å². The van der Waals surface area contributed by atoms with Crippen molar-refractivity contribution in [3.05, 3.63) is 70.8 Å². The van der Waals surface area contributed by atoms with E-state index in [1.807, 2.05) is 41.3 Å². The first-order valence-corrected chi connectivity index (χ1v) is 13.3. The van der Waals surface area contributed by atoms with Crippen LogP contribution in [0, 0.1) is 11.3 Å². The van der Waals surface area contributed by atoms with E-state index in [0.717, 1.165) is 24.8 Å². The number of methoxy groups -OCH3 is 1. The number of hydrogen-bond donors (Lipinski definition) is 3. The van der Waals surface area contributed by atoms with Gasteiger partial charge < -0.3 is 25.6 Å². The zero-order chi connectivity index (χ0) is 27.1. The van der Waals surface area contributed by atoms with E-state index in [0.29, 0.717) is 44.6 Å². The molecule has 39 heavy (non-hydrogen) atoms. The fourth-order valence-electron chi connectivity index (χ4n) is 5.42. The molecule has 9 nitrogen and oxygen atoms in total. The largest absolute Gasteiger partial charge is 0.469 e. The Kier molecular flexibility index (Phi) is 10.7. The Morgan fingerprint density at radius 3 is 2.51 bits per heavy atom. The third-order valence-corrected chi connectivity index (χ3v) is 7.57. The smallest absolute Gasteiger partial charge is 0.317 e.